The van der Waals surface area contributed by atoms with Crippen LogP contribution in [0.3, 0.4) is 0 Å². The minimum absolute atomic E-state index is 0.0921. The second-order valence-corrected chi connectivity index (χ2v) is 7.47. The minimum atomic E-state index is -2.97. The van der Waals surface area contributed by atoms with Crippen LogP contribution in [-0.4, -0.2) is 52.7 Å². The maximum Gasteiger partial charge on any atom is 0.270 e. The smallest absolute Gasteiger partial charge is 0.270 e. The molecule has 0 bridgehead atoms. The maximum atomic E-state index is 14.0. The largest absolute Gasteiger partial charge is 0.494 e. The molecule has 0 radical (unpaired) electrons. The average molecular weight is 499 g/mol. The number of rotatable bonds is 10. The van der Waals surface area contributed by atoms with Crippen LogP contribution in [0.1, 0.15) is 63.2 Å². The molecule has 3 amide bonds. The van der Waals surface area contributed by atoms with Gasteiger partial charge in [0.1, 0.15) is 17.7 Å². The molecule has 9 nitrogen and oxygen atoms in total. The molecule has 0 spiro atoms. The molecule has 2 N–H and O–H groups in total. The van der Waals surface area contributed by atoms with Gasteiger partial charge in [-0.3, -0.25) is 14.4 Å². The van der Waals surface area contributed by atoms with Gasteiger partial charge >= 0.3 is 0 Å². The van der Waals surface area contributed by atoms with Crippen LogP contribution < -0.4 is 15.4 Å². The van der Waals surface area contributed by atoms with E-state index in [2.05, 4.69) is 25.3 Å². The van der Waals surface area contributed by atoms with Gasteiger partial charge in [0.05, 0.1) is 13.9 Å². The summed E-state index contributed by atoms with van der Waals surface area (Å²) in [5, 5.41) is 4.73. The fourth-order valence-corrected chi connectivity index (χ4v) is 3.19. The first kappa shape index (κ1) is 19.9. The predicted molar refractivity (Wildman–Crippen MR) is 131 cm³/mol. The van der Waals surface area contributed by atoms with E-state index in [0.29, 0.717) is 18.7 Å². The summed E-state index contributed by atoms with van der Waals surface area (Å²) in [5.74, 6) is -3.47. The molecule has 3 aromatic rings. The van der Waals surface area contributed by atoms with E-state index in [-0.39, 0.29) is 29.4 Å². The standard InChI is InChI=1S/C26H28FN5O4/c1-4-32(5-2)26(35)19-9-6-17(7-10-19)14-28-24(33)21-13-22(31-16-30-21)25(34)29-15-18-8-11-20(27)23(12-18)36-3/h6-13,16H,4-5,14-15H2,1-3H3,(H,28,33)(H,29,34)/i3D3,15D2. The molecule has 10 heteroatoms. The molecule has 0 unspecified atom stereocenters. The Morgan fingerprint density at radius 1 is 0.972 bits per heavy atom. The Hall–Kier alpha value is -4.34. The number of methoxy groups -OCH3 is 1. The quantitative estimate of drug-likeness (QED) is 0.444. The van der Waals surface area contributed by atoms with Crippen LogP contribution in [0, 0.1) is 5.82 Å². The van der Waals surface area contributed by atoms with Crippen molar-refractivity contribution in [2.24, 2.45) is 0 Å². The number of ether oxygens (including phenoxy) is 1. The molecule has 36 heavy (non-hydrogen) atoms. The number of hydrogen-bond donors (Lipinski definition) is 2. The summed E-state index contributed by atoms with van der Waals surface area (Å²) in [6.07, 6.45) is 0.965. The third-order valence-electron chi connectivity index (χ3n) is 5.20. The summed E-state index contributed by atoms with van der Waals surface area (Å²) in [4.78, 5) is 47.2. The average Bonchev–Trinajstić information content (AvgIpc) is 2.92. The van der Waals surface area contributed by atoms with E-state index < -0.39 is 36.9 Å². The Labute approximate surface area is 215 Å². The molecule has 0 aliphatic carbocycles. The first-order chi connectivity index (χ1) is 19.2. The van der Waals surface area contributed by atoms with E-state index >= 15 is 0 Å². The van der Waals surface area contributed by atoms with E-state index in [1.54, 1.807) is 29.2 Å². The summed E-state index contributed by atoms with van der Waals surface area (Å²) in [7, 11) is -2.97. The number of benzene rings is 2. The van der Waals surface area contributed by atoms with Gasteiger partial charge in [0.2, 0.25) is 0 Å². The first-order valence-corrected chi connectivity index (χ1v) is 11.0. The van der Waals surface area contributed by atoms with E-state index in [0.717, 1.165) is 36.2 Å². The molecule has 0 saturated carbocycles. The Bertz CT molecular complexity index is 1420. The van der Waals surface area contributed by atoms with Crippen LogP contribution in [0.25, 0.3) is 0 Å². The van der Waals surface area contributed by atoms with Crippen LogP contribution >= 0.6 is 0 Å². The number of amides is 3. The minimum Gasteiger partial charge on any atom is -0.494 e. The highest BCUT2D eigenvalue weighted by molar-refractivity contribution is 5.97. The Balaban J connectivity index is 1.66. The number of nitrogens with zero attached hydrogens (tertiary/aromatic N) is 3. The molecular formula is C26H28FN5O4. The van der Waals surface area contributed by atoms with Crippen LogP contribution in [0.15, 0.2) is 54.9 Å². The Morgan fingerprint density at radius 3 is 2.25 bits per heavy atom. The molecule has 0 fully saturated rings. The summed E-state index contributed by atoms with van der Waals surface area (Å²) in [6.45, 7) is 2.48. The zero-order chi connectivity index (χ0) is 30.4. The Kier molecular flexibility index (Phi) is 6.85. The highest BCUT2D eigenvalue weighted by atomic mass is 19.1. The number of carbonyl (C=O) groups excluding carboxylic acids is 3. The fraction of sp³-hybridized carbons (Fsp3) is 0.269. The summed E-state index contributed by atoms with van der Waals surface area (Å²) >= 11 is 0. The molecule has 0 aliphatic heterocycles. The van der Waals surface area contributed by atoms with Gasteiger partial charge in [0.25, 0.3) is 17.7 Å². The van der Waals surface area contributed by atoms with Crippen molar-refractivity contribution in [3.05, 3.63) is 88.8 Å². The zero-order valence-corrected chi connectivity index (χ0v) is 19.7. The van der Waals surface area contributed by atoms with Crippen molar-refractivity contribution in [3.63, 3.8) is 0 Å². The molecule has 0 aliphatic rings. The van der Waals surface area contributed by atoms with Gasteiger partial charge in [-0.1, -0.05) is 18.2 Å². The molecule has 0 saturated heterocycles. The molecular weight excluding hydrogens is 465 g/mol. The third-order valence-corrected chi connectivity index (χ3v) is 5.20. The third kappa shape index (κ3) is 6.62. The molecule has 0 atom stereocenters. The number of carbonyl (C=O) groups is 3. The lowest BCUT2D eigenvalue weighted by Crippen LogP contribution is -2.30. The lowest BCUT2D eigenvalue weighted by Gasteiger charge is -2.18. The van der Waals surface area contributed by atoms with Crippen molar-refractivity contribution < 1.29 is 30.4 Å². The molecule has 2 aromatic carbocycles. The van der Waals surface area contributed by atoms with Crippen LogP contribution in [-0.2, 0) is 13.0 Å². The van der Waals surface area contributed by atoms with E-state index in [4.69, 9.17) is 6.85 Å². The van der Waals surface area contributed by atoms with Crippen molar-refractivity contribution in [1.82, 2.24) is 25.5 Å². The topological polar surface area (TPSA) is 114 Å². The fourth-order valence-electron chi connectivity index (χ4n) is 3.19. The van der Waals surface area contributed by atoms with E-state index in [1.807, 2.05) is 13.8 Å². The number of hydrogen-bond acceptors (Lipinski definition) is 6. The van der Waals surface area contributed by atoms with Crippen LogP contribution in [0.5, 0.6) is 5.75 Å². The highest BCUT2D eigenvalue weighted by Crippen LogP contribution is 2.18. The van der Waals surface area contributed by atoms with Gasteiger partial charge in [-0.15, -0.1) is 0 Å². The number of halogens is 1. The predicted octanol–water partition coefficient (Wildman–Crippen LogP) is 2.97. The molecule has 1 aromatic heterocycles. The summed E-state index contributed by atoms with van der Waals surface area (Å²) in [6, 6.07) is 10.5. The van der Waals surface area contributed by atoms with E-state index in [9.17, 15) is 18.8 Å². The second-order valence-electron chi connectivity index (χ2n) is 7.47. The van der Waals surface area contributed by atoms with Crippen molar-refractivity contribution >= 4 is 17.7 Å². The molecule has 188 valence electrons. The SMILES string of the molecule is [2H]C([2H])([2H])Oc1cc(C([2H])([2H])NC(=O)c2cc(C(=O)NCc3ccc(C(=O)N(CC)CC)cc3)ncn2)ccc1F. The normalized spacial score (nSPS) is 13.2. The van der Waals surface area contributed by atoms with Gasteiger partial charge in [-0.25, -0.2) is 14.4 Å². The van der Waals surface area contributed by atoms with E-state index in [1.165, 1.54) is 0 Å². The molecule has 3 rings (SSSR count). The number of aromatic nitrogens is 2. The van der Waals surface area contributed by atoms with Crippen LogP contribution in [0.4, 0.5) is 4.39 Å². The van der Waals surface area contributed by atoms with Gasteiger partial charge in [-0.05, 0) is 49.2 Å². The zero-order valence-electron chi connectivity index (χ0n) is 24.7. The lowest BCUT2D eigenvalue weighted by molar-refractivity contribution is 0.0772. The van der Waals surface area contributed by atoms with Gasteiger partial charge < -0.3 is 20.3 Å². The Morgan fingerprint density at radius 2 is 1.61 bits per heavy atom. The summed E-state index contributed by atoms with van der Waals surface area (Å²) in [5.41, 5.74) is 0.472. The number of nitrogens with one attached hydrogen (secondary N) is 2. The maximum absolute atomic E-state index is 14.0. The van der Waals surface area contributed by atoms with Crippen molar-refractivity contribution in [3.8, 4) is 5.75 Å². The first-order valence-electron chi connectivity index (χ1n) is 13.5. The van der Waals surface area contributed by atoms with Crippen molar-refractivity contribution in [2.45, 2.75) is 26.9 Å². The second kappa shape index (κ2) is 12.4. The van der Waals surface area contributed by atoms with Crippen molar-refractivity contribution in [1.29, 1.82) is 0 Å². The lowest BCUT2D eigenvalue weighted by atomic mass is 10.1. The molecule has 1 heterocycles. The van der Waals surface area contributed by atoms with Crippen molar-refractivity contribution in [2.75, 3.05) is 20.1 Å². The van der Waals surface area contributed by atoms with Gasteiger partial charge in [0.15, 0.2) is 11.6 Å². The highest BCUT2D eigenvalue weighted by Gasteiger charge is 2.15. The van der Waals surface area contributed by atoms with Gasteiger partial charge in [0, 0.05) is 37.8 Å². The van der Waals surface area contributed by atoms with Crippen LogP contribution in [0.2, 0.25) is 0 Å². The monoisotopic (exact) mass is 498 g/mol. The van der Waals surface area contributed by atoms with Gasteiger partial charge in [-0.2, -0.15) is 0 Å². The summed E-state index contributed by atoms with van der Waals surface area (Å²) < 4.78 is 56.3.